The van der Waals surface area contributed by atoms with Crippen molar-refractivity contribution < 1.29 is 18.8 Å². The van der Waals surface area contributed by atoms with Gasteiger partial charge < -0.3 is 19.9 Å². The summed E-state index contributed by atoms with van der Waals surface area (Å²) >= 11 is 0. The number of pyridine rings is 1. The minimum atomic E-state index is -0.380. The normalized spacial score (nSPS) is 18.3. The molecular formula is C21H20N6O4. The van der Waals surface area contributed by atoms with Crippen molar-refractivity contribution in [1.82, 2.24) is 15.5 Å². The van der Waals surface area contributed by atoms with Crippen LogP contribution in [-0.4, -0.2) is 54.5 Å². The lowest BCUT2D eigenvalue weighted by atomic mass is 10.1. The summed E-state index contributed by atoms with van der Waals surface area (Å²) in [7, 11) is 0. The largest absolute Gasteiger partial charge is 0.442 e. The van der Waals surface area contributed by atoms with E-state index in [1.165, 1.54) is 6.26 Å². The SMILES string of the molecule is O=C1O[C@@H](CNc2ccon2)CN1c1ccc(-c2ccc(N3CCNC3=O)nc2)cc1. The molecular weight excluding hydrogens is 400 g/mol. The molecule has 5 rings (SSSR count). The Labute approximate surface area is 177 Å². The first-order valence-corrected chi connectivity index (χ1v) is 9.91. The number of cyclic esters (lactones) is 1. The van der Waals surface area contributed by atoms with Crippen LogP contribution in [0, 0.1) is 0 Å². The van der Waals surface area contributed by atoms with Crippen molar-refractivity contribution in [2.45, 2.75) is 6.10 Å². The second-order valence-electron chi connectivity index (χ2n) is 7.22. The zero-order chi connectivity index (χ0) is 21.2. The summed E-state index contributed by atoms with van der Waals surface area (Å²) in [5.74, 6) is 1.23. The van der Waals surface area contributed by atoms with Crippen molar-refractivity contribution in [1.29, 1.82) is 0 Å². The first-order valence-electron chi connectivity index (χ1n) is 9.91. The maximum atomic E-state index is 12.3. The van der Waals surface area contributed by atoms with Crippen LogP contribution in [0.5, 0.6) is 0 Å². The lowest BCUT2D eigenvalue weighted by Crippen LogP contribution is -2.28. The lowest BCUT2D eigenvalue weighted by Gasteiger charge is -2.15. The van der Waals surface area contributed by atoms with Crippen LogP contribution >= 0.6 is 0 Å². The zero-order valence-electron chi connectivity index (χ0n) is 16.5. The van der Waals surface area contributed by atoms with Gasteiger partial charge in [-0.2, -0.15) is 0 Å². The summed E-state index contributed by atoms with van der Waals surface area (Å²) in [4.78, 5) is 31.7. The van der Waals surface area contributed by atoms with Gasteiger partial charge in [-0.1, -0.05) is 17.3 Å². The molecule has 10 nitrogen and oxygen atoms in total. The Morgan fingerprint density at radius 2 is 1.90 bits per heavy atom. The molecule has 1 atom stereocenters. The number of rotatable bonds is 6. The van der Waals surface area contributed by atoms with Gasteiger partial charge in [0.15, 0.2) is 5.82 Å². The molecule has 2 fully saturated rings. The highest BCUT2D eigenvalue weighted by molar-refractivity contribution is 5.93. The highest BCUT2D eigenvalue weighted by atomic mass is 16.6. The number of aromatic nitrogens is 2. The third kappa shape index (κ3) is 3.87. The van der Waals surface area contributed by atoms with Crippen molar-refractivity contribution >= 4 is 29.4 Å². The molecule has 2 saturated heterocycles. The fraction of sp³-hybridized carbons (Fsp3) is 0.238. The molecule has 158 valence electrons. The molecule has 10 heteroatoms. The van der Waals surface area contributed by atoms with Gasteiger partial charge in [0.2, 0.25) is 0 Å². The summed E-state index contributed by atoms with van der Waals surface area (Å²) in [6.45, 7) is 2.12. The Kier molecular flexibility index (Phi) is 4.87. The van der Waals surface area contributed by atoms with Crippen molar-refractivity contribution in [2.24, 2.45) is 0 Å². The van der Waals surface area contributed by atoms with E-state index in [0.717, 1.165) is 16.8 Å². The van der Waals surface area contributed by atoms with Gasteiger partial charge in [-0.3, -0.25) is 9.80 Å². The number of nitrogens with one attached hydrogen (secondary N) is 2. The molecule has 0 spiro atoms. The standard InChI is InChI=1S/C21H20N6O4/c28-20-22-8-9-26(20)19-6-3-15(11-24-19)14-1-4-16(5-2-14)27-13-17(31-21(27)29)12-23-18-7-10-30-25-18/h1-7,10-11,17H,8-9,12-13H2,(H,22,28)(H,23,25)/t17-/m0/s1. The quantitative estimate of drug-likeness (QED) is 0.630. The number of hydrogen-bond donors (Lipinski definition) is 2. The van der Waals surface area contributed by atoms with Gasteiger partial charge in [0.25, 0.3) is 0 Å². The predicted molar refractivity (Wildman–Crippen MR) is 113 cm³/mol. The van der Waals surface area contributed by atoms with E-state index in [-0.39, 0.29) is 18.2 Å². The van der Waals surface area contributed by atoms with Gasteiger partial charge in [0.1, 0.15) is 18.2 Å². The highest BCUT2D eigenvalue weighted by Gasteiger charge is 2.32. The summed E-state index contributed by atoms with van der Waals surface area (Å²) in [6.07, 6.45) is 2.55. The number of carbonyl (C=O) groups excluding carboxylic acids is 2. The van der Waals surface area contributed by atoms with Gasteiger partial charge in [-0.15, -0.1) is 0 Å². The molecule has 0 saturated carbocycles. The van der Waals surface area contributed by atoms with E-state index < -0.39 is 0 Å². The fourth-order valence-electron chi connectivity index (χ4n) is 3.60. The molecule has 2 N–H and O–H groups in total. The molecule has 4 heterocycles. The third-order valence-corrected chi connectivity index (χ3v) is 5.22. The van der Waals surface area contributed by atoms with Crippen LogP contribution in [0.25, 0.3) is 11.1 Å². The smallest absolute Gasteiger partial charge is 0.414 e. The van der Waals surface area contributed by atoms with Gasteiger partial charge >= 0.3 is 12.1 Å². The number of benzene rings is 1. The Hall–Kier alpha value is -4.08. The van der Waals surface area contributed by atoms with Gasteiger partial charge in [0.05, 0.1) is 13.1 Å². The van der Waals surface area contributed by atoms with E-state index in [4.69, 9.17) is 9.26 Å². The van der Waals surface area contributed by atoms with E-state index in [1.54, 1.807) is 22.1 Å². The molecule has 3 amide bonds. The van der Waals surface area contributed by atoms with Crippen LogP contribution in [0.15, 0.2) is 59.4 Å². The molecule has 0 aliphatic carbocycles. The van der Waals surface area contributed by atoms with E-state index in [0.29, 0.717) is 37.8 Å². The maximum Gasteiger partial charge on any atom is 0.414 e. The molecule has 31 heavy (non-hydrogen) atoms. The highest BCUT2D eigenvalue weighted by Crippen LogP contribution is 2.27. The lowest BCUT2D eigenvalue weighted by molar-refractivity contribution is 0.147. The van der Waals surface area contributed by atoms with Gasteiger partial charge in [0, 0.05) is 36.6 Å². The fourth-order valence-corrected chi connectivity index (χ4v) is 3.60. The first-order chi connectivity index (χ1) is 15.2. The van der Waals surface area contributed by atoms with Crippen LogP contribution in [0.1, 0.15) is 0 Å². The number of carbonyl (C=O) groups is 2. The zero-order valence-corrected chi connectivity index (χ0v) is 16.5. The van der Waals surface area contributed by atoms with Crippen LogP contribution in [0.2, 0.25) is 0 Å². The van der Waals surface area contributed by atoms with E-state index in [1.807, 2.05) is 36.4 Å². The summed E-state index contributed by atoms with van der Waals surface area (Å²) < 4.78 is 10.2. The molecule has 2 aromatic heterocycles. The van der Waals surface area contributed by atoms with Crippen molar-refractivity contribution in [3.05, 3.63) is 54.9 Å². The summed E-state index contributed by atoms with van der Waals surface area (Å²) in [5, 5.41) is 9.61. The topological polar surface area (TPSA) is 113 Å². The molecule has 3 aromatic rings. The monoisotopic (exact) mass is 420 g/mol. The number of hydrogen-bond acceptors (Lipinski definition) is 7. The van der Waals surface area contributed by atoms with Crippen molar-refractivity contribution in [3.63, 3.8) is 0 Å². The molecule has 0 unspecified atom stereocenters. The second-order valence-corrected chi connectivity index (χ2v) is 7.22. The summed E-state index contributed by atoms with van der Waals surface area (Å²) in [5.41, 5.74) is 2.65. The second kappa shape index (κ2) is 7.98. The maximum absolute atomic E-state index is 12.3. The van der Waals surface area contributed by atoms with E-state index >= 15 is 0 Å². The van der Waals surface area contributed by atoms with Crippen LogP contribution in [0.4, 0.5) is 26.9 Å². The molecule has 0 radical (unpaired) electrons. The Balaban J connectivity index is 1.23. The predicted octanol–water partition coefficient (Wildman–Crippen LogP) is 2.70. The van der Waals surface area contributed by atoms with E-state index in [9.17, 15) is 9.59 Å². The molecule has 2 aliphatic rings. The summed E-state index contributed by atoms with van der Waals surface area (Å²) in [6, 6.07) is 13.0. The van der Waals surface area contributed by atoms with Crippen LogP contribution in [0.3, 0.4) is 0 Å². The van der Waals surface area contributed by atoms with Crippen LogP contribution < -0.4 is 20.4 Å². The molecule has 1 aromatic carbocycles. The van der Waals surface area contributed by atoms with Gasteiger partial charge in [-0.25, -0.2) is 14.6 Å². The number of anilines is 3. The minimum Gasteiger partial charge on any atom is -0.442 e. The molecule has 2 aliphatic heterocycles. The van der Waals surface area contributed by atoms with Crippen molar-refractivity contribution in [3.8, 4) is 11.1 Å². The number of ether oxygens (including phenoxy) is 1. The Morgan fingerprint density at radius 1 is 1.06 bits per heavy atom. The Morgan fingerprint density at radius 3 is 2.58 bits per heavy atom. The van der Waals surface area contributed by atoms with Gasteiger partial charge in [-0.05, 0) is 29.8 Å². The van der Waals surface area contributed by atoms with Crippen molar-refractivity contribution in [2.75, 3.05) is 41.3 Å². The minimum absolute atomic E-state index is 0.128. The van der Waals surface area contributed by atoms with E-state index in [2.05, 4.69) is 20.8 Å². The average molecular weight is 420 g/mol. The third-order valence-electron chi connectivity index (χ3n) is 5.22. The number of urea groups is 1. The number of nitrogens with zero attached hydrogens (tertiary/aromatic N) is 4. The number of amides is 3. The first kappa shape index (κ1) is 18.9. The Bertz CT molecular complexity index is 1070. The van der Waals surface area contributed by atoms with Crippen LogP contribution in [-0.2, 0) is 4.74 Å². The average Bonchev–Trinajstić information content (AvgIpc) is 3.54. The molecule has 0 bridgehead atoms.